The molecular weight excluding hydrogens is 204 g/mol. The van der Waals surface area contributed by atoms with Crippen molar-refractivity contribution in [2.75, 3.05) is 6.54 Å². The predicted octanol–water partition coefficient (Wildman–Crippen LogP) is 2.10. The van der Waals surface area contributed by atoms with Crippen molar-refractivity contribution >= 4 is 5.69 Å². The first-order valence-corrected chi connectivity index (χ1v) is 5.07. The maximum Gasteiger partial charge on any atom is 0.269 e. The first-order valence-electron chi connectivity index (χ1n) is 5.07. The Bertz CT molecular complexity index is 401. The molecule has 1 aromatic carbocycles. The van der Waals surface area contributed by atoms with E-state index in [4.69, 9.17) is 0 Å². The number of nitro groups is 1. The quantitative estimate of drug-likeness (QED) is 0.356. The molecule has 0 heterocycles. The Labute approximate surface area is 94.8 Å². The molecule has 0 aliphatic rings. The first-order chi connectivity index (χ1) is 7.74. The van der Waals surface area contributed by atoms with E-state index in [-0.39, 0.29) is 5.69 Å². The van der Waals surface area contributed by atoms with Crippen LogP contribution in [0.15, 0.2) is 24.3 Å². The maximum absolute atomic E-state index is 10.4. The Hall–Kier alpha value is -1.86. The number of benzene rings is 1. The summed E-state index contributed by atoms with van der Waals surface area (Å²) in [4.78, 5) is 10.0. The molecular formula is C12H14N2O2. The molecule has 16 heavy (non-hydrogen) atoms. The number of rotatable bonds is 5. The van der Waals surface area contributed by atoms with Crippen LogP contribution in [0.5, 0.6) is 0 Å². The van der Waals surface area contributed by atoms with E-state index in [0.717, 1.165) is 18.5 Å². The summed E-state index contributed by atoms with van der Waals surface area (Å²) in [5, 5.41) is 13.6. The van der Waals surface area contributed by atoms with Crippen LogP contribution in [0.2, 0.25) is 0 Å². The monoisotopic (exact) mass is 218 g/mol. The second-order valence-electron chi connectivity index (χ2n) is 3.28. The van der Waals surface area contributed by atoms with Gasteiger partial charge < -0.3 is 5.32 Å². The summed E-state index contributed by atoms with van der Waals surface area (Å²) >= 11 is 0. The highest BCUT2D eigenvalue weighted by molar-refractivity contribution is 5.32. The fourth-order valence-electron chi connectivity index (χ4n) is 1.24. The zero-order valence-corrected chi connectivity index (χ0v) is 9.19. The Morgan fingerprint density at radius 1 is 1.38 bits per heavy atom. The van der Waals surface area contributed by atoms with E-state index in [1.54, 1.807) is 12.1 Å². The molecule has 1 aromatic rings. The summed E-state index contributed by atoms with van der Waals surface area (Å²) in [5.41, 5.74) is 1.16. The van der Waals surface area contributed by atoms with Gasteiger partial charge in [0, 0.05) is 31.6 Å². The van der Waals surface area contributed by atoms with Crippen LogP contribution in [0.3, 0.4) is 0 Å². The molecule has 1 rings (SSSR count). The maximum atomic E-state index is 10.4. The van der Waals surface area contributed by atoms with Crippen LogP contribution in [0.1, 0.15) is 18.9 Å². The number of nitrogens with zero attached hydrogens (tertiary/aromatic N) is 1. The van der Waals surface area contributed by atoms with Crippen molar-refractivity contribution < 1.29 is 4.92 Å². The molecule has 4 nitrogen and oxygen atoms in total. The second kappa shape index (κ2) is 6.59. The largest absolute Gasteiger partial charge is 0.312 e. The van der Waals surface area contributed by atoms with E-state index in [1.165, 1.54) is 12.1 Å². The average molecular weight is 218 g/mol. The van der Waals surface area contributed by atoms with Crippen molar-refractivity contribution in [1.29, 1.82) is 0 Å². The van der Waals surface area contributed by atoms with Gasteiger partial charge in [0.15, 0.2) is 0 Å². The minimum atomic E-state index is -0.395. The van der Waals surface area contributed by atoms with Crippen molar-refractivity contribution in [2.24, 2.45) is 0 Å². The van der Waals surface area contributed by atoms with Crippen LogP contribution in [0, 0.1) is 22.0 Å². The standard InChI is InChI=1S/C12H14N2O2/c1-2-3-4-9-13-10-11-5-7-12(8-6-11)14(15)16/h5-8,13H,4,9-10H2,1H3. The van der Waals surface area contributed by atoms with Gasteiger partial charge >= 0.3 is 0 Å². The number of hydrogen-bond donors (Lipinski definition) is 1. The van der Waals surface area contributed by atoms with Gasteiger partial charge in [-0.1, -0.05) is 12.1 Å². The Morgan fingerprint density at radius 3 is 2.62 bits per heavy atom. The van der Waals surface area contributed by atoms with Crippen molar-refractivity contribution in [3.05, 3.63) is 39.9 Å². The Balaban J connectivity index is 2.36. The molecule has 0 aliphatic carbocycles. The third-order valence-corrected chi connectivity index (χ3v) is 2.08. The molecule has 0 radical (unpaired) electrons. The normalized spacial score (nSPS) is 9.31. The first kappa shape index (κ1) is 12.2. The molecule has 84 valence electrons. The average Bonchev–Trinajstić information content (AvgIpc) is 2.29. The van der Waals surface area contributed by atoms with Crippen LogP contribution >= 0.6 is 0 Å². The van der Waals surface area contributed by atoms with Crippen LogP contribution in [0.4, 0.5) is 5.69 Å². The van der Waals surface area contributed by atoms with Crippen LogP contribution in [0.25, 0.3) is 0 Å². The van der Waals surface area contributed by atoms with Gasteiger partial charge in [-0.25, -0.2) is 0 Å². The fourth-order valence-corrected chi connectivity index (χ4v) is 1.24. The lowest BCUT2D eigenvalue weighted by Gasteiger charge is -2.02. The molecule has 0 unspecified atom stereocenters. The zero-order valence-electron chi connectivity index (χ0n) is 9.19. The fraction of sp³-hybridized carbons (Fsp3) is 0.333. The molecule has 4 heteroatoms. The molecule has 0 saturated carbocycles. The summed E-state index contributed by atoms with van der Waals surface area (Å²) in [6.07, 6.45) is 0.823. The van der Waals surface area contributed by atoms with Gasteiger partial charge in [-0.15, -0.1) is 11.8 Å². The highest BCUT2D eigenvalue weighted by Gasteiger charge is 2.02. The lowest BCUT2D eigenvalue weighted by atomic mass is 10.2. The van der Waals surface area contributed by atoms with Crippen molar-refractivity contribution in [2.45, 2.75) is 19.9 Å². The predicted molar refractivity (Wildman–Crippen MR) is 62.9 cm³/mol. The van der Waals surface area contributed by atoms with Crippen molar-refractivity contribution in [3.63, 3.8) is 0 Å². The van der Waals surface area contributed by atoms with E-state index in [2.05, 4.69) is 17.2 Å². The van der Waals surface area contributed by atoms with Crippen molar-refractivity contribution in [1.82, 2.24) is 5.32 Å². The number of nitrogens with one attached hydrogen (secondary N) is 1. The van der Waals surface area contributed by atoms with Gasteiger partial charge in [-0.2, -0.15) is 0 Å². The van der Waals surface area contributed by atoms with Crippen LogP contribution in [-0.4, -0.2) is 11.5 Å². The van der Waals surface area contributed by atoms with Gasteiger partial charge in [-0.05, 0) is 12.5 Å². The molecule has 0 aromatic heterocycles. The van der Waals surface area contributed by atoms with Gasteiger partial charge in [0.2, 0.25) is 0 Å². The van der Waals surface area contributed by atoms with Crippen molar-refractivity contribution in [3.8, 4) is 11.8 Å². The van der Waals surface area contributed by atoms with Gasteiger partial charge in [0.25, 0.3) is 5.69 Å². The number of hydrogen-bond acceptors (Lipinski definition) is 3. The molecule has 0 amide bonds. The molecule has 0 aliphatic heterocycles. The van der Waals surface area contributed by atoms with Crippen LogP contribution in [-0.2, 0) is 6.54 Å². The summed E-state index contributed by atoms with van der Waals surface area (Å²) in [6.45, 7) is 3.36. The van der Waals surface area contributed by atoms with E-state index in [0.29, 0.717) is 6.54 Å². The van der Waals surface area contributed by atoms with Gasteiger partial charge in [0.05, 0.1) is 4.92 Å². The van der Waals surface area contributed by atoms with E-state index >= 15 is 0 Å². The third kappa shape index (κ3) is 4.11. The highest BCUT2D eigenvalue weighted by Crippen LogP contribution is 2.11. The minimum absolute atomic E-state index is 0.126. The summed E-state index contributed by atoms with van der Waals surface area (Å²) in [6, 6.07) is 6.55. The van der Waals surface area contributed by atoms with Gasteiger partial charge in [-0.3, -0.25) is 10.1 Å². The molecule has 0 atom stereocenters. The third-order valence-electron chi connectivity index (χ3n) is 2.08. The number of nitro benzene ring substituents is 1. The molecule has 0 spiro atoms. The smallest absolute Gasteiger partial charge is 0.269 e. The lowest BCUT2D eigenvalue weighted by molar-refractivity contribution is -0.384. The molecule has 1 N–H and O–H groups in total. The molecule has 0 fully saturated rings. The van der Waals surface area contributed by atoms with E-state index in [1.807, 2.05) is 6.92 Å². The minimum Gasteiger partial charge on any atom is -0.312 e. The molecule has 0 saturated heterocycles. The molecule has 0 bridgehead atoms. The second-order valence-corrected chi connectivity index (χ2v) is 3.28. The SMILES string of the molecule is CC#CCCNCc1ccc([N+](=O)[O-])cc1. The number of non-ortho nitro benzene ring substituents is 1. The lowest BCUT2D eigenvalue weighted by Crippen LogP contribution is -2.14. The van der Waals surface area contributed by atoms with Crippen LogP contribution < -0.4 is 5.32 Å². The topological polar surface area (TPSA) is 55.2 Å². The van der Waals surface area contributed by atoms with E-state index < -0.39 is 4.92 Å². The Morgan fingerprint density at radius 2 is 2.06 bits per heavy atom. The summed E-state index contributed by atoms with van der Waals surface area (Å²) in [5.74, 6) is 5.78. The Kier molecular flexibility index (Phi) is 5.03. The highest BCUT2D eigenvalue weighted by atomic mass is 16.6. The summed E-state index contributed by atoms with van der Waals surface area (Å²) in [7, 11) is 0. The van der Waals surface area contributed by atoms with Gasteiger partial charge in [0.1, 0.15) is 0 Å². The van der Waals surface area contributed by atoms with E-state index in [9.17, 15) is 10.1 Å². The summed E-state index contributed by atoms with van der Waals surface area (Å²) < 4.78 is 0. The zero-order chi connectivity index (χ0) is 11.8.